The van der Waals surface area contributed by atoms with Crippen LogP contribution in [0.15, 0.2) is 33.2 Å². The first-order chi connectivity index (χ1) is 9.12. The van der Waals surface area contributed by atoms with Crippen LogP contribution in [0.3, 0.4) is 0 Å². The Labute approximate surface area is 120 Å². The van der Waals surface area contributed by atoms with Crippen molar-refractivity contribution < 1.29 is 8.42 Å². The summed E-state index contributed by atoms with van der Waals surface area (Å²) in [5.41, 5.74) is 6.15. The zero-order valence-electron chi connectivity index (χ0n) is 9.92. The summed E-state index contributed by atoms with van der Waals surface area (Å²) >= 11 is 2.67. The SMILES string of the molecule is NCC#Cc1csc(CNS(=O)(=O)c2cccs2)c1. The van der Waals surface area contributed by atoms with Gasteiger partial charge >= 0.3 is 0 Å². The Morgan fingerprint density at radius 1 is 1.37 bits per heavy atom. The van der Waals surface area contributed by atoms with E-state index in [4.69, 9.17) is 5.73 Å². The average Bonchev–Trinajstić information content (AvgIpc) is 3.05. The van der Waals surface area contributed by atoms with Crippen LogP contribution in [-0.2, 0) is 16.6 Å². The molecule has 0 radical (unpaired) electrons. The number of nitrogens with two attached hydrogens (primary N) is 1. The molecule has 4 nitrogen and oxygen atoms in total. The molecule has 0 aliphatic rings. The Morgan fingerprint density at radius 3 is 2.89 bits per heavy atom. The van der Waals surface area contributed by atoms with E-state index < -0.39 is 10.0 Å². The Balaban J connectivity index is 2.01. The maximum absolute atomic E-state index is 11.9. The van der Waals surface area contributed by atoms with E-state index in [2.05, 4.69) is 16.6 Å². The van der Waals surface area contributed by atoms with Crippen LogP contribution in [0.4, 0.5) is 0 Å². The quantitative estimate of drug-likeness (QED) is 0.842. The molecule has 0 fully saturated rings. The molecule has 0 atom stereocenters. The first kappa shape index (κ1) is 14.2. The van der Waals surface area contributed by atoms with E-state index in [9.17, 15) is 8.42 Å². The summed E-state index contributed by atoms with van der Waals surface area (Å²) in [6.07, 6.45) is 0. The molecule has 100 valence electrons. The molecule has 3 N–H and O–H groups in total. The van der Waals surface area contributed by atoms with Gasteiger partial charge in [-0.1, -0.05) is 17.9 Å². The van der Waals surface area contributed by atoms with Crippen LogP contribution < -0.4 is 10.5 Å². The van der Waals surface area contributed by atoms with Gasteiger partial charge in [0.15, 0.2) is 0 Å². The highest BCUT2D eigenvalue weighted by atomic mass is 32.2. The summed E-state index contributed by atoms with van der Waals surface area (Å²) in [6.45, 7) is 0.589. The van der Waals surface area contributed by atoms with Crippen LogP contribution >= 0.6 is 22.7 Å². The monoisotopic (exact) mass is 312 g/mol. The van der Waals surface area contributed by atoms with Crippen LogP contribution in [-0.4, -0.2) is 15.0 Å². The summed E-state index contributed by atoms with van der Waals surface area (Å²) in [5.74, 6) is 5.67. The molecule has 0 amide bonds. The fraction of sp³-hybridized carbons (Fsp3) is 0.167. The van der Waals surface area contributed by atoms with E-state index >= 15 is 0 Å². The van der Waals surface area contributed by atoms with Crippen molar-refractivity contribution in [1.29, 1.82) is 0 Å². The Bertz CT molecular complexity index is 691. The van der Waals surface area contributed by atoms with Gasteiger partial charge in [0.1, 0.15) is 4.21 Å². The second-order valence-electron chi connectivity index (χ2n) is 3.56. The second-order valence-corrected chi connectivity index (χ2v) is 7.50. The average molecular weight is 312 g/mol. The summed E-state index contributed by atoms with van der Waals surface area (Å²) in [6, 6.07) is 5.16. The summed E-state index contributed by atoms with van der Waals surface area (Å²) in [5, 5.41) is 3.62. The standard InChI is InChI=1S/C12H12N2O2S3/c13-5-1-3-10-7-11(18-9-10)8-14-19(15,16)12-4-2-6-17-12/h2,4,6-7,9,14H,5,8,13H2. The molecule has 0 unspecified atom stereocenters. The zero-order chi connectivity index (χ0) is 13.7. The highest BCUT2D eigenvalue weighted by molar-refractivity contribution is 7.91. The summed E-state index contributed by atoms with van der Waals surface area (Å²) < 4.78 is 26.7. The molecular weight excluding hydrogens is 300 g/mol. The highest BCUT2D eigenvalue weighted by Gasteiger charge is 2.14. The minimum absolute atomic E-state index is 0.273. The number of thiophene rings is 2. The molecule has 0 aliphatic carbocycles. The van der Waals surface area contributed by atoms with E-state index in [0.717, 1.165) is 10.4 Å². The van der Waals surface area contributed by atoms with Crippen molar-refractivity contribution in [2.24, 2.45) is 5.73 Å². The predicted molar refractivity (Wildman–Crippen MR) is 78.6 cm³/mol. The maximum Gasteiger partial charge on any atom is 0.250 e. The molecule has 2 rings (SSSR count). The smallest absolute Gasteiger partial charge is 0.250 e. The number of rotatable bonds is 4. The van der Waals surface area contributed by atoms with Crippen molar-refractivity contribution in [3.8, 4) is 11.8 Å². The molecule has 2 aromatic rings. The summed E-state index contributed by atoms with van der Waals surface area (Å²) in [7, 11) is -3.40. The normalized spacial score (nSPS) is 11.0. The third kappa shape index (κ3) is 3.89. The first-order valence-corrected chi connectivity index (χ1v) is 8.65. The van der Waals surface area contributed by atoms with Crippen LogP contribution in [0.2, 0.25) is 0 Å². The van der Waals surface area contributed by atoms with Crippen molar-refractivity contribution in [2.45, 2.75) is 10.8 Å². The van der Waals surface area contributed by atoms with Crippen molar-refractivity contribution in [1.82, 2.24) is 4.72 Å². The minimum atomic E-state index is -3.40. The van der Waals surface area contributed by atoms with Gasteiger partial charge < -0.3 is 5.73 Å². The van der Waals surface area contributed by atoms with Gasteiger partial charge in [-0.15, -0.1) is 22.7 Å². The molecule has 0 spiro atoms. The Hall–Kier alpha value is -1.17. The Morgan fingerprint density at radius 2 is 2.21 bits per heavy atom. The number of hydrogen-bond acceptors (Lipinski definition) is 5. The van der Waals surface area contributed by atoms with Crippen molar-refractivity contribution in [3.63, 3.8) is 0 Å². The second kappa shape index (κ2) is 6.32. The van der Waals surface area contributed by atoms with Gasteiger partial charge in [-0.2, -0.15) is 0 Å². The molecule has 2 heterocycles. The van der Waals surface area contributed by atoms with Gasteiger partial charge in [0.2, 0.25) is 10.0 Å². The van der Waals surface area contributed by atoms with Crippen molar-refractivity contribution in [3.05, 3.63) is 39.4 Å². The van der Waals surface area contributed by atoms with Gasteiger partial charge in [0, 0.05) is 22.4 Å². The zero-order valence-corrected chi connectivity index (χ0v) is 12.4. The molecular formula is C12H12N2O2S3. The third-order valence-electron chi connectivity index (χ3n) is 2.18. The first-order valence-electron chi connectivity index (χ1n) is 5.41. The lowest BCUT2D eigenvalue weighted by Gasteiger charge is -2.02. The van der Waals surface area contributed by atoms with E-state index in [1.807, 2.05) is 11.4 Å². The number of sulfonamides is 1. The number of hydrogen-bond donors (Lipinski definition) is 2. The third-order valence-corrected chi connectivity index (χ3v) is 5.92. The highest BCUT2D eigenvalue weighted by Crippen LogP contribution is 2.18. The van der Waals surface area contributed by atoms with Crippen LogP contribution in [0, 0.1) is 11.8 Å². The molecule has 0 saturated carbocycles. The molecule has 2 aromatic heterocycles. The molecule has 0 aliphatic heterocycles. The lowest BCUT2D eigenvalue weighted by atomic mass is 10.3. The van der Waals surface area contributed by atoms with Gasteiger partial charge in [0.05, 0.1) is 6.54 Å². The fourth-order valence-corrected chi connectivity index (χ4v) is 4.24. The maximum atomic E-state index is 11.9. The molecule has 0 saturated heterocycles. The van der Waals surface area contributed by atoms with E-state index in [1.165, 1.54) is 22.7 Å². The van der Waals surface area contributed by atoms with Gasteiger partial charge in [-0.05, 0) is 17.5 Å². The molecule has 7 heteroatoms. The van der Waals surface area contributed by atoms with Crippen molar-refractivity contribution >= 4 is 32.7 Å². The minimum Gasteiger partial charge on any atom is -0.320 e. The Kier molecular flexibility index (Phi) is 4.74. The predicted octanol–water partition coefficient (Wildman–Crippen LogP) is 1.60. The van der Waals surface area contributed by atoms with Gasteiger partial charge in [0.25, 0.3) is 0 Å². The summed E-state index contributed by atoms with van der Waals surface area (Å²) in [4.78, 5) is 0.918. The van der Waals surface area contributed by atoms with Gasteiger partial charge in [-0.3, -0.25) is 0 Å². The van der Waals surface area contributed by atoms with Gasteiger partial charge in [-0.25, -0.2) is 13.1 Å². The van der Waals surface area contributed by atoms with Crippen molar-refractivity contribution in [2.75, 3.05) is 6.54 Å². The van der Waals surface area contributed by atoms with E-state index in [0.29, 0.717) is 10.8 Å². The number of nitrogens with one attached hydrogen (secondary N) is 1. The molecule has 0 aromatic carbocycles. The van der Waals surface area contributed by atoms with E-state index in [1.54, 1.807) is 17.5 Å². The topological polar surface area (TPSA) is 72.2 Å². The fourth-order valence-electron chi connectivity index (χ4n) is 1.35. The van der Waals surface area contributed by atoms with E-state index in [-0.39, 0.29) is 6.54 Å². The lowest BCUT2D eigenvalue weighted by molar-refractivity contribution is 0.584. The largest absolute Gasteiger partial charge is 0.320 e. The van der Waals surface area contributed by atoms with Crippen LogP contribution in [0.25, 0.3) is 0 Å². The molecule has 19 heavy (non-hydrogen) atoms. The lowest BCUT2D eigenvalue weighted by Crippen LogP contribution is -2.21. The van der Waals surface area contributed by atoms with Crippen LogP contribution in [0.1, 0.15) is 10.4 Å². The molecule has 0 bridgehead atoms. The van der Waals surface area contributed by atoms with Crippen LogP contribution in [0.5, 0.6) is 0 Å².